The van der Waals surface area contributed by atoms with Crippen LogP contribution < -0.4 is 10.6 Å². The van der Waals surface area contributed by atoms with Gasteiger partial charge in [0.25, 0.3) is 0 Å². The minimum absolute atomic E-state index is 0.0563. The Hall–Kier alpha value is -1.30. The molecule has 0 saturated carbocycles. The summed E-state index contributed by atoms with van der Waals surface area (Å²) in [6.45, 7) is 6.03. The summed E-state index contributed by atoms with van der Waals surface area (Å²) in [4.78, 5) is 2.23. The van der Waals surface area contributed by atoms with Gasteiger partial charge in [0, 0.05) is 24.5 Å². The van der Waals surface area contributed by atoms with Crippen molar-refractivity contribution in [2.45, 2.75) is 6.92 Å². The molecule has 0 atom stereocenters. The molecule has 1 rings (SSSR count). The van der Waals surface area contributed by atoms with Crippen LogP contribution in [0.15, 0.2) is 24.3 Å². The minimum Gasteiger partial charge on any atom is -0.399 e. The van der Waals surface area contributed by atoms with E-state index in [1.165, 1.54) is 0 Å². The topological polar surface area (TPSA) is 68.0 Å². The van der Waals surface area contributed by atoms with Gasteiger partial charge in [-0.05, 0) is 31.2 Å². The normalized spacial score (nSPS) is 10.6. The number of nitrogens with two attached hydrogens (primary N) is 1. The molecule has 108 valence electrons. The summed E-state index contributed by atoms with van der Waals surface area (Å²) in [7, 11) is 0. The third kappa shape index (κ3) is 6.42. The van der Waals surface area contributed by atoms with E-state index in [1.807, 2.05) is 24.3 Å². The van der Waals surface area contributed by atoms with Gasteiger partial charge in [-0.3, -0.25) is 0 Å². The predicted octanol–water partition coefficient (Wildman–Crippen LogP) is 1.12. The Balaban J connectivity index is 2.20. The van der Waals surface area contributed by atoms with Crippen molar-refractivity contribution in [1.29, 1.82) is 0 Å². The van der Waals surface area contributed by atoms with Crippen LogP contribution in [-0.4, -0.2) is 51.2 Å². The van der Waals surface area contributed by atoms with E-state index < -0.39 is 0 Å². The Morgan fingerprint density at radius 1 is 1.05 bits per heavy atom. The highest BCUT2D eigenvalue weighted by Crippen LogP contribution is 2.15. The van der Waals surface area contributed by atoms with Crippen LogP contribution >= 0.6 is 0 Å². The van der Waals surface area contributed by atoms with Crippen molar-refractivity contribution in [2.75, 3.05) is 56.8 Å². The number of aliphatic hydroxyl groups is 1. The maximum Gasteiger partial charge on any atom is 0.0701 e. The number of likely N-dealkylation sites (N-methyl/N-ethyl adjacent to an activating group) is 1. The molecule has 0 amide bonds. The summed E-state index contributed by atoms with van der Waals surface area (Å²) in [5, 5.41) is 8.54. The molecule has 0 saturated heterocycles. The highest BCUT2D eigenvalue weighted by molar-refractivity contribution is 5.52. The Morgan fingerprint density at radius 2 is 1.68 bits per heavy atom. The zero-order valence-electron chi connectivity index (χ0n) is 11.5. The maximum atomic E-state index is 8.54. The lowest BCUT2D eigenvalue weighted by atomic mass is 10.2. The van der Waals surface area contributed by atoms with Gasteiger partial charge in [0.2, 0.25) is 0 Å². The lowest BCUT2D eigenvalue weighted by Crippen LogP contribution is -2.27. The molecule has 0 spiro atoms. The summed E-state index contributed by atoms with van der Waals surface area (Å²) in [6.07, 6.45) is 0. The van der Waals surface area contributed by atoms with E-state index in [2.05, 4.69) is 11.8 Å². The Morgan fingerprint density at radius 3 is 2.26 bits per heavy atom. The fourth-order valence-electron chi connectivity index (χ4n) is 1.72. The van der Waals surface area contributed by atoms with Crippen molar-refractivity contribution in [2.24, 2.45) is 0 Å². The predicted molar refractivity (Wildman–Crippen MR) is 77.5 cm³/mol. The molecule has 0 unspecified atom stereocenters. The van der Waals surface area contributed by atoms with Crippen LogP contribution in [-0.2, 0) is 9.47 Å². The van der Waals surface area contributed by atoms with Crippen LogP contribution in [0.4, 0.5) is 11.4 Å². The fraction of sp³-hybridized carbons (Fsp3) is 0.571. The van der Waals surface area contributed by atoms with Gasteiger partial charge in [-0.2, -0.15) is 0 Å². The van der Waals surface area contributed by atoms with E-state index in [0.717, 1.165) is 24.5 Å². The third-order valence-electron chi connectivity index (χ3n) is 2.75. The van der Waals surface area contributed by atoms with Crippen LogP contribution in [0.3, 0.4) is 0 Å². The van der Waals surface area contributed by atoms with Gasteiger partial charge in [-0.1, -0.05) is 0 Å². The van der Waals surface area contributed by atoms with Crippen LogP contribution in [0.1, 0.15) is 6.92 Å². The molecule has 5 nitrogen and oxygen atoms in total. The Kier molecular flexibility index (Phi) is 7.97. The van der Waals surface area contributed by atoms with Gasteiger partial charge < -0.3 is 25.2 Å². The monoisotopic (exact) mass is 268 g/mol. The molecule has 0 heterocycles. The van der Waals surface area contributed by atoms with E-state index >= 15 is 0 Å². The average Bonchev–Trinajstić information content (AvgIpc) is 2.43. The molecule has 0 aromatic heterocycles. The van der Waals surface area contributed by atoms with Crippen molar-refractivity contribution >= 4 is 11.4 Å². The van der Waals surface area contributed by atoms with Crippen molar-refractivity contribution < 1.29 is 14.6 Å². The van der Waals surface area contributed by atoms with Crippen LogP contribution in [0, 0.1) is 0 Å². The second kappa shape index (κ2) is 9.61. The van der Waals surface area contributed by atoms with E-state index in [1.54, 1.807) is 0 Å². The van der Waals surface area contributed by atoms with Gasteiger partial charge in [-0.25, -0.2) is 0 Å². The number of rotatable bonds is 10. The molecule has 0 radical (unpaired) electrons. The van der Waals surface area contributed by atoms with Gasteiger partial charge in [0.15, 0.2) is 0 Å². The van der Waals surface area contributed by atoms with Crippen LogP contribution in [0.2, 0.25) is 0 Å². The lowest BCUT2D eigenvalue weighted by Gasteiger charge is -2.23. The van der Waals surface area contributed by atoms with E-state index in [-0.39, 0.29) is 6.61 Å². The number of ether oxygens (including phenoxy) is 2. The first-order valence-electron chi connectivity index (χ1n) is 6.64. The van der Waals surface area contributed by atoms with E-state index in [4.69, 9.17) is 20.3 Å². The first-order chi connectivity index (χ1) is 9.27. The first-order valence-corrected chi connectivity index (χ1v) is 6.64. The summed E-state index contributed by atoms with van der Waals surface area (Å²) in [5.41, 5.74) is 7.60. The van der Waals surface area contributed by atoms with Crippen molar-refractivity contribution in [3.05, 3.63) is 24.3 Å². The number of anilines is 2. The molecule has 0 aliphatic rings. The number of nitrogen functional groups attached to an aromatic ring is 1. The quantitative estimate of drug-likeness (QED) is 0.491. The maximum absolute atomic E-state index is 8.54. The molecule has 0 aliphatic carbocycles. The molecule has 1 aromatic carbocycles. The second-order valence-electron chi connectivity index (χ2n) is 4.12. The summed E-state index contributed by atoms with van der Waals surface area (Å²) in [6, 6.07) is 7.84. The largest absolute Gasteiger partial charge is 0.399 e. The first kappa shape index (κ1) is 15.8. The van der Waals surface area contributed by atoms with Gasteiger partial charge in [0.1, 0.15) is 0 Å². The van der Waals surface area contributed by atoms with Crippen molar-refractivity contribution in [3.63, 3.8) is 0 Å². The molecule has 19 heavy (non-hydrogen) atoms. The second-order valence-corrected chi connectivity index (χ2v) is 4.12. The third-order valence-corrected chi connectivity index (χ3v) is 2.75. The molecule has 0 bridgehead atoms. The van der Waals surface area contributed by atoms with E-state index in [0.29, 0.717) is 26.4 Å². The van der Waals surface area contributed by atoms with Gasteiger partial charge in [-0.15, -0.1) is 0 Å². The minimum atomic E-state index is 0.0563. The SMILES string of the molecule is CCN(CCOCCOCCO)c1ccc(N)cc1. The zero-order valence-corrected chi connectivity index (χ0v) is 11.5. The fourth-order valence-corrected chi connectivity index (χ4v) is 1.72. The zero-order chi connectivity index (χ0) is 13.9. The number of nitrogens with zero attached hydrogens (tertiary/aromatic N) is 1. The molecule has 3 N–H and O–H groups in total. The van der Waals surface area contributed by atoms with Gasteiger partial charge in [0.05, 0.1) is 33.0 Å². The highest BCUT2D eigenvalue weighted by Gasteiger charge is 2.03. The molecule has 0 aliphatic heterocycles. The van der Waals surface area contributed by atoms with Crippen molar-refractivity contribution in [3.8, 4) is 0 Å². The number of hydrogen-bond acceptors (Lipinski definition) is 5. The number of aliphatic hydroxyl groups excluding tert-OH is 1. The Bertz CT molecular complexity index is 330. The standard InChI is InChI=1S/C14H24N2O3/c1-2-16(14-5-3-13(15)4-6-14)7-9-18-11-12-19-10-8-17/h3-6,17H,2,7-12,15H2,1H3. The molecular weight excluding hydrogens is 244 g/mol. The molecule has 1 aromatic rings. The number of benzene rings is 1. The lowest BCUT2D eigenvalue weighted by molar-refractivity contribution is 0.0351. The van der Waals surface area contributed by atoms with Gasteiger partial charge >= 0.3 is 0 Å². The summed E-state index contributed by atoms with van der Waals surface area (Å²) in [5.74, 6) is 0. The van der Waals surface area contributed by atoms with Crippen LogP contribution in [0.25, 0.3) is 0 Å². The highest BCUT2D eigenvalue weighted by atomic mass is 16.5. The molecular formula is C14H24N2O3. The smallest absolute Gasteiger partial charge is 0.0701 e. The number of hydrogen-bond donors (Lipinski definition) is 2. The summed E-state index contributed by atoms with van der Waals surface area (Å²) >= 11 is 0. The van der Waals surface area contributed by atoms with Crippen molar-refractivity contribution in [1.82, 2.24) is 0 Å². The van der Waals surface area contributed by atoms with E-state index in [9.17, 15) is 0 Å². The molecule has 5 heteroatoms. The molecule has 0 fully saturated rings. The average molecular weight is 268 g/mol. The summed E-state index contributed by atoms with van der Waals surface area (Å²) < 4.78 is 10.6. The van der Waals surface area contributed by atoms with Crippen LogP contribution in [0.5, 0.6) is 0 Å². The Labute approximate surface area is 114 Å².